The van der Waals surface area contributed by atoms with Gasteiger partial charge < -0.3 is 10.5 Å². The van der Waals surface area contributed by atoms with Crippen LogP contribution in [0.1, 0.15) is 62.2 Å². The maximum absolute atomic E-state index is 6.25. The summed E-state index contributed by atoms with van der Waals surface area (Å²) in [4.78, 5) is 9.35. The van der Waals surface area contributed by atoms with Crippen molar-refractivity contribution < 1.29 is 4.74 Å². The molecule has 1 saturated heterocycles. The maximum atomic E-state index is 6.25. The Kier molecular flexibility index (Phi) is 3.31. The third kappa shape index (κ3) is 2.65. The fraction of sp³-hybridized carbons (Fsp3) is 0.733. The third-order valence-corrected chi connectivity index (χ3v) is 4.26. The van der Waals surface area contributed by atoms with Crippen molar-refractivity contribution in [3.63, 3.8) is 0 Å². The van der Waals surface area contributed by atoms with E-state index in [2.05, 4.69) is 18.8 Å². The number of nitrogens with zero attached hydrogens (tertiary/aromatic N) is 2. The molecule has 2 N–H and O–H groups in total. The van der Waals surface area contributed by atoms with Gasteiger partial charge in [-0.15, -0.1) is 0 Å². The fourth-order valence-electron chi connectivity index (χ4n) is 3.27. The topological polar surface area (TPSA) is 61.0 Å². The minimum absolute atomic E-state index is 0.0791. The first-order valence-electron chi connectivity index (χ1n) is 7.24. The third-order valence-electron chi connectivity index (χ3n) is 4.26. The molecule has 0 amide bonds. The zero-order chi connectivity index (χ0) is 13.5. The fourth-order valence-corrected chi connectivity index (χ4v) is 3.27. The van der Waals surface area contributed by atoms with Gasteiger partial charge in [-0.05, 0) is 31.1 Å². The van der Waals surface area contributed by atoms with Gasteiger partial charge in [-0.25, -0.2) is 9.97 Å². The van der Waals surface area contributed by atoms with Crippen molar-refractivity contribution in [2.24, 2.45) is 11.1 Å². The normalized spacial score (nSPS) is 29.8. The highest BCUT2D eigenvalue weighted by molar-refractivity contribution is 5.27. The summed E-state index contributed by atoms with van der Waals surface area (Å²) in [5.74, 6) is 1.31. The molecule has 0 spiro atoms. The van der Waals surface area contributed by atoms with Gasteiger partial charge in [0, 0.05) is 36.0 Å². The van der Waals surface area contributed by atoms with Crippen LogP contribution >= 0.6 is 0 Å². The Morgan fingerprint density at radius 3 is 3.00 bits per heavy atom. The van der Waals surface area contributed by atoms with Gasteiger partial charge in [0.1, 0.15) is 5.82 Å². The van der Waals surface area contributed by atoms with Crippen molar-refractivity contribution in [3.05, 3.63) is 23.3 Å². The Bertz CT molecular complexity index is 466. The van der Waals surface area contributed by atoms with Gasteiger partial charge in [-0.3, -0.25) is 0 Å². The Labute approximate surface area is 114 Å². The van der Waals surface area contributed by atoms with Crippen LogP contribution in [0.25, 0.3) is 0 Å². The Balaban J connectivity index is 1.90. The second-order valence-electron chi connectivity index (χ2n) is 6.70. The summed E-state index contributed by atoms with van der Waals surface area (Å²) in [7, 11) is 0. The Hall–Kier alpha value is -1.00. The molecular weight excluding hydrogens is 238 g/mol. The first kappa shape index (κ1) is 13.0. The van der Waals surface area contributed by atoms with Crippen molar-refractivity contribution in [2.45, 2.75) is 51.5 Å². The number of nitrogens with two attached hydrogens (primary N) is 1. The number of aromatic nitrogens is 2. The summed E-state index contributed by atoms with van der Waals surface area (Å²) in [6, 6.07) is 0.0791. The van der Waals surface area contributed by atoms with E-state index in [1.807, 2.05) is 6.20 Å². The van der Waals surface area contributed by atoms with E-state index in [0.29, 0.717) is 5.92 Å². The second kappa shape index (κ2) is 4.84. The lowest BCUT2D eigenvalue weighted by atomic mass is 9.74. The smallest absolute Gasteiger partial charge is 0.133 e. The van der Waals surface area contributed by atoms with Gasteiger partial charge >= 0.3 is 0 Å². The maximum Gasteiger partial charge on any atom is 0.133 e. The number of hydrogen-bond acceptors (Lipinski definition) is 4. The van der Waals surface area contributed by atoms with Crippen LogP contribution < -0.4 is 5.73 Å². The molecular formula is C15H23N3O. The van der Waals surface area contributed by atoms with E-state index in [1.165, 1.54) is 0 Å². The van der Waals surface area contributed by atoms with E-state index in [9.17, 15) is 0 Å². The van der Waals surface area contributed by atoms with E-state index in [-0.39, 0.29) is 11.5 Å². The highest BCUT2D eigenvalue weighted by atomic mass is 16.5. The number of ether oxygens (including phenoxy) is 1. The highest BCUT2D eigenvalue weighted by Crippen LogP contribution is 2.38. The molecule has 104 valence electrons. The predicted octanol–water partition coefficient (Wildman–Crippen LogP) is 2.34. The summed E-state index contributed by atoms with van der Waals surface area (Å²) in [6.45, 7) is 6.16. The lowest BCUT2D eigenvalue weighted by molar-refractivity contribution is 0.0778. The largest absolute Gasteiger partial charge is 0.381 e. The molecule has 3 rings (SSSR count). The summed E-state index contributed by atoms with van der Waals surface area (Å²) >= 11 is 0. The standard InChI is InChI=1S/C15H23N3O/c1-15(2)6-12(16)11-8-17-14(18-13(11)7-15)10-4-3-5-19-9-10/h8,10,12H,3-7,9,16H2,1-2H3. The summed E-state index contributed by atoms with van der Waals surface area (Å²) in [5.41, 5.74) is 8.77. The molecule has 1 aliphatic carbocycles. The van der Waals surface area contributed by atoms with E-state index >= 15 is 0 Å². The van der Waals surface area contributed by atoms with Crippen LogP contribution in [0, 0.1) is 5.41 Å². The first-order valence-corrected chi connectivity index (χ1v) is 7.24. The van der Waals surface area contributed by atoms with Crippen molar-refractivity contribution in [3.8, 4) is 0 Å². The Morgan fingerprint density at radius 2 is 2.26 bits per heavy atom. The highest BCUT2D eigenvalue weighted by Gasteiger charge is 2.32. The predicted molar refractivity (Wildman–Crippen MR) is 73.9 cm³/mol. The van der Waals surface area contributed by atoms with E-state index in [4.69, 9.17) is 15.5 Å². The number of rotatable bonds is 1. The first-order chi connectivity index (χ1) is 9.05. The van der Waals surface area contributed by atoms with Crippen LogP contribution in [-0.2, 0) is 11.2 Å². The van der Waals surface area contributed by atoms with Crippen LogP contribution in [0.3, 0.4) is 0 Å². The molecule has 1 fully saturated rings. The quantitative estimate of drug-likeness (QED) is 0.843. The molecule has 2 atom stereocenters. The molecule has 2 unspecified atom stereocenters. The lowest BCUT2D eigenvalue weighted by Gasteiger charge is -2.34. The molecule has 2 aliphatic rings. The summed E-state index contributed by atoms with van der Waals surface area (Å²) in [5, 5.41) is 0. The van der Waals surface area contributed by atoms with Gasteiger partial charge in [-0.2, -0.15) is 0 Å². The van der Waals surface area contributed by atoms with Gasteiger partial charge in [0.05, 0.1) is 6.61 Å². The van der Waals surface area contributed by atoms with Crippen LogP contribution in [0.5, 0.6) is 0 Å². The monoisotopic (exact) mass is 261 g/mol. The van der Waals surface area contributed by atoms with Crippen molar-refractivity contribution in [1.29, 1.82) is 0 Å². The second-order valence-corrected chi connectivity index (χ2v) is 6.70. The molecule has 2 heterocycles. The lowest BCUT2D eigenvalue weighted by Crippen LogP contribution is -2.31. The number of fused-ring (bicyclic) bond motifs is 1. The average Bonchev–Trinajstić information content (AvgIpc) is 2.37. The zero-order valence-electron chi connectivity index (χ0n) is 11.9. The zero-order valence-corrected chi connectivity index (χ0v) is 11.9. The molecule has 1 aromatic heterocycles. The van der Waals surface area contributed by atoms with Gasteiger partial charge in [-0.1, -0.05) is 13.8 Å². The van der Waals surface area contributed by atoms with Gasteiger partial charge in [0.25, 0.3) is 0 Å². The van der Waals surface area contributed by atoms with Crippen molar-refractivity contribution in [2.75, 3.05) is 13.2 Å². The average molecular weight is 261 g/mol. The van der Waals surface area contributed by atoms with Gasteiger partial charge in [0.2, 0.25) is 0 Å². The molecule has 4 heteroatoms. The van der Waals surface area contributed by atoms with E-state index in [0.717, 1.165) is 56.0 Å². The Morgan fingerprint density at radius 1 is 1.42 bits per heavy atom. The van der Waals surface area contributed by atoms with Crippen LogP contribution in [0.2, 0.25) is 0 Å². The van der Waals surface area contributed by atoms with Crippen LogP contribution in [0.4, 0.5) is 0 Å². The molecule has 0 saturated carbocycles. The number of hydrogen-bond donors (Lipinski definition) is 1. The molecule has 1 aliphatic heterocycles. The van der Waals surface area contributed by atoms with E-state index < -0.39 is 0 Å². The summed E-state index contributed by atoms with van der Waals surface area (Å²) in [6.07, 6.45) is 6.20. The SMILES string of the molecule is CC1(C)Cc2nc(C3CCCOC3)ncc2C(N)C1. The summed E-state index contributed by atoms with van der Waals surface area (Å²) < 4.78 is 5.54. The van der Waals surface area contributed by atoms with E-state index in [1.54, 1.807) is 0 Å². The van der Waals surface area contributed by atoms with Crippen LogP contribution in [0.15, 0.2) is 6.20 Å². The van der Waals surface area contributed by atoms with Gasteiger partial charge in [0.15, 0.2) is 0 Å². The molecule has 4 nitrogen and oxygen atoms in total. The minimum Gasteiger partial charge on any atom is -0.381 e. The van der Waals surface area contributed by atoms with Crippen LogP contribution in [-0.4, -0.2) is 23.2 Å². The van der Waals surface area contributed by atoms with Crippen molar-refractivity contribution in [1.82, 2.24) is 9.97 Å². The molecule has 19 heavy (non-hydrogen) atoms. The molecule has 1 aromatic rings. The molecule has 0 aromatic carbocycles. The molecule has 0 radical (unpaired) electrons. The van der Waals surface area contributed by atoms with Crippen molar-refractivity contribution >= 4 is 0 Å². The molecule has 0 bridgehead atoms. The minimum atomic E-state index is 0.0791.